The second kappa shape index (κ2) is 6.95. The van der Waals surface area contributed by atoms with Crippen molar-refractivity contribution in [3.05, 3.63) is 44.6 Å². The summed E-state index contributed by atoms with van der Waals surface area (Å²) < 4.78 is 6.01. The number of carbonyl (C=O) groups is 1. The Kier molecular flexibility index (Phi) is 5.24. The van der Waals surface area contributed by atoms with Gasteiger partial charge in [0, 0.05) is 3.57 Å². The van der Waals surface area contributed by atoms with Crippen LogP contribution in [0.25, 0.3) is 0 Å². The first-order chi connectivity index (χ1) is 10.0. The molecule has 3 N–H and O–H groups in total. The van der Waals surface area contributed by atoms with Gasteiger partial charge in [-0.1, -0.05) is 11.6 Å². The van der Waals surface area contributed by atoms with Crippen molar-refractivity contribution in [2.45, 2.75) is 6.92 Å². The molecule has 0 radical (unpaired) electrons. The number of carbonyl (C=O) groups excluding carboxylic acids is 1. The first-order valence-electron chi connectivity index (χ1n) is 6.16. The van der Waals surface area contributed by atoms with E-state index < -0.39 is 5.97 Å². The fourth-order valence-corrected chi connectivity index (χ4v) is 2.57. The summed E-state index contributed by atoms with van der Waals surface area (Å²) in [5.74, 6) is -0.132. The number of benzene rings is 1. The van der Waals surface area contributed by atoms with E-state index >= 15 is 0 Å². The van der Waals surface area contributed by atoms with Crippen molar-refractivity contribution < 1.29 is 9.53 Å². The molecular weight excluding hydrogens is 405 g/mol. The van der Waals surface area contributed by atoms with E-state index in [0.717, 1.165) is 3.57 Å². The number of ether oxygens (including phenoxy) is 1. The van der Waals surface area contributed by atoms with Gasteiger partial charge in [-0.05, 0) is 53.8 Å². The Morgan fingerprint density at radius 1 is 1.48 bits per heavy atom. The molecule has 0 spiro atoms. The molecule has 0 unspecified atom stereocenters. The highest BCUT2D eigenvalue weighted by Crippen LogP contribution is 2.28. The number of hydrogen-bond donors (Lipinski definition) is 2. The Morgan fingerprint density at radius 3 is 2.90 bits per heavy atom. The first kappa shape index (κ1) is 15.8. The molecule has 1 aromatic carbocycles. The van der Waals surface area contributed by atoms with Crippen LogP contribution in [0.3, 0.4) is 0 Å². The highest BCUT2D eigenvalue weighted by atomic mass is 127. The maximum absolute atomic E-state index is 12.0. The average Bonchev–Trinajstić information content (AvgIpc) is 2.43. The van der Waals surface area contributed by atoms with Crippen molar-refractivity contribution in [1.82, 2.24) is 4.98 Å². The van der Waals surface area contributed by atoms with Crippen molar-refractivity contribution in [1.29, 1.82) is 0 Å². The van der Waals surface area contributed by atoms with E-state index in [1.807, 2.05) is 18.2 Å². The zero-order valence-corrected chi connectivity index (χ0v) is 14.1. The van der Waals surface area contributed by atoms with Gasteiger partial charge in [-0.15, -0.1) is 0 Å². The van der Waals surface area contributed by atoms with Gasteiger partial charge in [0.2, 0.25) is 0 Å². The molecule has 7 heteroatoms. The molecule has 0 bridgehead atoms. The molecule has 0 saturated carbocycles. The summed E-state index contributed by atoms with van der Waals surface area (Å²) in [6.07, 6.45) is 1.46. The van der Waals surface area contributed by atoms with Gasteiger partial charge in [-0.2, -0.15) is 0 Å². The summed E-state index contributed by atoms with van der Waals surface area (Å²) >= 11 is 8.34. The molecule has 2 rings (SSSR count). The molecule has 5 nitrogen and oxygen atoms in total. The molecule has 1 aromatic heterocycles. The number of pyridine rings is 1. The van der Waals surface area contributed by atoms with Crippen LogP contribution in [0.5, 0.6) is 0 Å². The molecule has 0 aliphatic rings. The fraction of sp³-hybridized carbons (Fsp3) is 0.143. The molecule has 21 heavy (non-hydrogen) atoms. The maximum Gasteiger partial charge on any atom is 0.341 e. The third-order valence-electron chi connectivity index (χ3n) is 2.59. The number of nitrogen functional groups attached to an aromatic ring is 1. The van der Waals surface area contributed by atoms with Crippen LogP contribution in [0, 0.1) is 3.57 Å². The number of aromatic nitrogens is 1. The van der Waals surface area contributed by atoms with Crippen molar-refractivity contribution in [3.8, 4) is 0 Å². The fourth-order valence-electron chi connectivity index (χ4n) is 1.66. The molecule has 0 atom stereocenters. The quantitative estimate of drug-likeness (QED) is 0.584. The molecule has 2 aromatic rings. The summed E-state index contributed by atoms with van der Waals surface area (Å²) in [5, 5.41) is 3.57. The summed E-state index contributed by atoms with van der Waals surface area (Å²) in [4.78, 5) is 16.1. The summed E-state index contributed by atoms with van der Waals surface area (Å²) in [6, 6.07) is 7.05. The Balaban J connectivity index is 2.37. The highest BCUT2D eigenvalue weighted by molar-refractivity contribution is 14.1. The SMILES string of the molecule is CCOC(=O)c1cc(N)cnc1Nc1ccc(I)cc1Cl. The second-order valence-electron chi connectivity index (χ2n) is 4.13. The van der Waals surface area contributed by atoms with Crippen LogP contribution in [0.15, 0.2) is 30.5 Å². The van der Waals surface area contributed by atoms with Gasteiger partial charge >= 0.3 is 5.97 Å². The standard InChI is InChI=1S/C14H13ClIN3O2/c1-2-21-14(20)10-6-9(17)7-18-13(10)19-12-4-3-8(16)5-11(12)15/h3-7H,2,17H2,1H3,(H,18,19). The monoisotopic (exact) mass is 417 g/mol. The van der Waals surface area contributed by atoms with Crippen molar-refractivity contribution >= 4 is 57.4 Å². The van der Waals surface area contributed by atoms with Crippen molar-refractivity contribution in [3.63, 3.8) is 0 Å². The van der Waals surface area contributed by atoms with E-state index in [2.05, 4.69) is 32.9 Å². The average molecular weight is 418 g/mol. The van der Waals surface area contributed by atoms with Gasteiger partial charge in [0.05, 0.1) is 29.2 Å². The Hall–Kier alpha value is -1.54. The summed E-state index contributed by atoms with van der Waals surface area (Å²) in [6.45, 7) is 2.01. The van der Waals surface area contributed by atoms with Crippen LogP contribution in [0.4, 0.5) is 17.2 Å². The topological polar surface area (TPSA) is 77.2 Å². The molecule has 0 aliphatic carbocycles. The van der Waals surface area contributed by atoms with Crippen LogP contribution < -0.4 is 11.1 Å². The predicted molar refractivity (Wildman–Crippen MR) is 92.1 cm³/mol. The van der Waals surface area contributed by atoms with E-state index in [4.69, 9.17) is 22.1 Å². The van der Waals surface area contributed by atoms with Crippen LogP contribution in [-0.2, 0) is 4.74 Å². The molecule has 0 amide bonds. The van der Waals surface area contributed by atoms with Gasteiger partial charge in [-0.25, -0.2) is 9.78 Å². The van der Waals surface area contributed by atoms with E-state index in [1.54, 1.807) is 6.92 Å². The predicted octanol–water partition coefficient (Wildman–Crippen LogP) is 3.84. The number of halogens is 2. The number of esters is 1. The van der Waals surface area contributed by atoms with Crippen LogP contribution in [-0.4, -0.2) is 17.6 Å². The third kappa shape index (κ3) is 3.98. The minimum Gasteiger partial charge on any atom is -0.462 e. The smallest absolute Gasteiger partial charge is 0.341 e. The molecule has 0 aliphatic heterocycles. The number of anilines is 3. The number of nitrogens with two attached hydrogens (primary N) is 1. The number of rotatable bonds is 4. The largest absolute Gasteiger partial charge is 0.462 e. The molecule has 110 valence electrons. The second-order valence-corrected chi connectivity index (χ2v) is 5.79. The Bertz CT molecular complexity index is 679. The lowest BCUT2D eigenvalue weighted by molar-refractivity contribution is 0.0527. The molecule has 0 fully saturated rings. The van der Waals surface area contributed by atoms with E-state index in [9.17, 15) is 4.79 Å². The summed E-state index contributed by atoms with van der Waals surface area (Å²) in [5.41, 5.74) is 6.99. The Morgan fingerprint density at radius 2 is 2.24 bits per heavy atom. The number of hydrogen-bond acceptors (Lipinski definition) is 5. The first-order valence-corrected chi connectivity index (χ1v) is 7.61. The third-order valence-corrected chi connectivity index (χ3v) is 3.57. The summed E-state index contributed by atoms with van der Waals surface area (Å²) in [7, 11) is 0. The minimum absolute atomic E-state index is 0.270. The zero-order chi connectivity index (χ0) is 15.4. The van der Waals surface area contributed by atoms with Gasteiger partial charge in [0.25, 0.3) is 0 Å². The van der Waals surface area contributed by atoms with Crippen LogP contribution >= 0.6 is 34.2 Å². The van der Waals surface area contributed by atoms with Gasteiger partial charge < -0.3 is 15.8 Å². The van der Waals surface area contributed by atoms with Gasteiger partial charge in [0.1, 0.15) is 11.4 Å². The number of nitrogens with zero attached hydrogens (tertiary/aromatic N) is 1. The normalized spacial score (nSPS) is 10.2. The van der Waals surface area contributed by atoms with Gasteiger partial charge in [0.15, 0.2) is 0 Å². The lowest BCUT2D eigenvalue weighted by atomic mass is 10.2. The van der Waals surface area contributed by atoms with Crippen molar-refractivity contribution in [2.75, 3.05) is 17.7 Å². The van der Waals surface area contributed by atoms with E-state index in [1.165, 1.54) is 12.3 Å². The minimum atomic E-state index is -0.485. The zero-order valence-electron chi connectivity index (χ0n) is 11.2. The van der Waals surface area contributed by atoms with E-state index in [-0.39, 0.29) is 12.2 Å². The lowest BCUT2D eigenvalue weighted by Crippen LogP contribution is -2.10. The molecule has 0 saturated heterocycles. The van der Waals surface area contributed by atoms with Crippen LogP contribution in [0.2, 0.25) is 5.02 Å². The van der Waals surface area contributed by atoms with Crippen molar-refractivity contribution in [2.24, 2.45) is 0 Å². The number of nitrogens with one attached hydrogen (secondary N) is 1. The van der Waals surface area contributed by atoms with Gasteiger partial charge in [-0.3, -0.25) is 0 Å². The molecule has 1 heterocycles. The lowest BCUT2D eigenvalue weighted by Gasteiger charge is -2.12. The maximum atomic E-state index is 12.0. The molecular formula is C14H13ClIN3O2. The van der Waals surface area contributed by atoms with E-state index in [0.29, 0.717) is 22.2 Å². The Labute approximate surface area is 141 Å². The van der Waals surface area contributed by atoms with Crippen LogP contribution in [0.1, 0.15) is 17.3 Å². The highest BCUT2D eigenvalue weighted by Gasteiger charge is 2.15.